The predicted molar refractivity (Wildman–Crippen MR) is 82.1 cm³/mol. The Labute approximate surface area is 118 Å². The largest absolute Gasteiger partial charge is 0.345 e. The maximum Gasteiger partial charge on any atom is 0.189 e. The lowest BCUT2D eigenvalue weighted by Crippen LogP contribution is -2.57. The van der Waals surface area contributed by atoms with E-state index in [2.05, 4.69) is 18.5 Å². The van der Waals surface area contributed by atoms with Crippen molar-refractivity contribution in [3.63, 3.8) is 0 Å². The average Bonchev–Trinajstić information content (AvgIpc) is 2.82. The first-order valence-corrected chi connectivity index (χ1v) is 7.84. The Bertz CT molecular complexity index is 288. The maximum absolute atomic E-state index is 10.1. The standard InChI is InChI=1S/C16H31N2O/c1-4-6-7-8-9-10-11-12-16-17-13-14-18(16,5-2)15(3)19/h4,13,15-16,19H,1,5-12,14H2,2-3H3/q+1. The third-order valence-corrected chi connectivity index (χ3v) is 4.50. The molecule has 19 heavy (non-hydrogen) atoms. The minimum absolute atomic E-state index is 0.276. The topological polar surface area (TPSA) is 32.6 Å². The first-order valence-electron chi connectivity index (χ1n) is 7.84. The van der Waals surface area contributed by atoms with Crippen LogP contribution in [0.5, 0.6) is 0 Å². The van der Waals surface area contributed by atoms with Crippen LogP contribution in [0.15, 0.2) is 17.6 Å². The second-order valence-electron chi connectivity index (χ2n) is 5.68. The first-order chi connectivity index (χ1) is 9.17. The van der Waals surface area contributed by atoms with Crippen molar-refractivity contribution in [3.05, 3.63) is 12.7 Å². The van der Waals surface area contributed by atoms with Crippen molar-refractivity contribution in [2.24, 2.45) is 4.99 Å². The van der Waals surface area contributed by atoms with Crippen molar-refractivity contribution >= 4 is 6.21 Å². The number of rotatable bonds is 10. The Balaban J connectivity index is 2.24. The van der Waals surface area contributed by atoms with Crippen molar-refractivity contribution in [3.8, 4) is 0 Å². The molecule has 1 N–H and O–H groups in total. The number of quaternary nitrogens is 1. The van der Waals surface area contributed by atoms with E-state index >= 15 is 0 Å². The summed E-state index contributed by atoms with van der Waals surface area (Å²) in [5.74, 6) is 0. The lowest BCUT2D eigenvalue weighted by molar-refractivity contribution is -0.976. The third kappa shape index (κ3) is 4.43. The molecule has 1 heterocycles. The van der Waals surface area contributed by atoms with Crippen LogP contribution < -0.4 is 0 Å². The van der Waals surface area contributed by atoms with Gasteiger partial charge in [-0.1, -0.05) is 25.3 Å². The molecule has 1 aliphatic rings. The van der Waals surface area contributed by atoms with E-state index < -0.39 is 0 Å². The minimum atomic E-state index is -0.315. The van der Waals surface area contributed by atoms with Crippen LogP contribution in [-0.4, -0.2) is 41.3 Å². The molecule has 0 aromatic heterocycles. The van der Waals surface area contributed by atoms with Crippen LogP contribution in [0.2, 0.25) is 0 Å². The highest BCUT2D eigenvalue weighted by atomic mass is 16.3. The van der Waals surface area contributed by atoms with Crippen LogP contribution >= 0.6 is 0 Å². The lowest BCUT2D eigenvalue weighted by Gasteiger charge is -2.40. The summed E-state index contributed by atoms with van der Waals surface area (Å²) >= 11 is 0. The molecule has 3 heteroatoms. The van der Waals surface area contributed by atoms with E-state index in [9.17, 15) is 5.11 Å². The molecular formula is C16H31N2O+. The van der Waals surface area contributed by atoms with Crippen molar-refractivity contribution in [1.82, 2.24) is 0 Å². The summed E-state index contributed by atoms with van der Waals surface area (Å²) in [6.07, 6.45) is 12.6. The van der Waals surface area contributed by atoms with Crippen LogP contribution in [0.3, 0.4) is 0 Å². The number of nitrogens with zero attached hydrogens (tertiary/aromatic N) is 2. The van der Waals surface area contributed by atoms with E-state index in [4.69, 9.17) is 0 Å². The summed E-state index contributed by atoms with van der Waals surface area (Å²) < 4.78 is 0.733. The van der Waals surface area contributed by atoms with Crippen molar-refractivity contribution in [2.75, 3.05) is 13.1 Å². The van der Waals surface area contributed by atoms with E-state index in [1.54, 1.807) is 0 Å². The number of hydrogen-bond acceptors (Lipinski definition) is 2. The summed E-state index contributed by atoms with van der Waals surface area (Å²) in [6.45, 7) is 9.65. The molecule has 3 unspecified atom stereocenters. The van der Waals surface area contributed by atoms with Gasteiger partial charge in [-0.15, -0.1) is 6.58 Å². The number of aliphatic hydroxyl groups is 1. The first kappa shape index (κ1) is 16.4. The zero-order valence-corrected chi connectivity index (χ0v) is 12.7. The van der Waals surface area contributed by atoms with Crippen LogP contribution in [0.4, 0.5) is 0 Å². The van der Waals surface area contributed by atoms with Gasteiger partial charge in [0.15, 0.2) is 12.4 Å². The minimum Gasteiger partial charge on any atom is -0.345 e. The number of unbranched alkanes of at least 4 members (excludes halogenated alkanes) is 5. The van der Waals surface area contributed by atoms with E-state index in [-0.39, 0.29) is 12.4 Å². The third-order valence-electron chi connectivity index (χ3n) is 4.50. The van der Waals surface area contributed by atoms with Gasteiger partial charge in [0.2, 0.25) is 0 Å². The summed E-state index contributed by atoms with van der Waals surface area (Å²) in [5, 5.41) is 10.1. The quantitative estimate of drug-likeness (QED) is 0.367. The summed E-state index contributed by atoms with van der Waals surface area (Å²) in [5.41, 5.74) is 0. The zero-order chi connectivity index (χ0) is 14.1. The molecule has 0 aromatic carbocycles. The molecule has 0 bridgehead atoms. The number of aliphatic imine (C=N–C) groups is 1. The highest BCUT2D eigenvalue weighted by Crippen LogP contribution is 2.26. The number of aliphatic hydroxyl groups excluding tert-OH is 1. The number of allylic oxidation sites excluding steroid dienone is 1. The SMILES string of the molecule is C=CCCCCCCCC1N=CC[N+]1(CC)C(C)O. The molecule has 1 rings (SSSR count). The van der Waals surface area contributed by atoms with Gasteiger partial charge < -0.3 is 5.11 Å². The van der Waals surface area contributed by atoms with E-state index in [1.807, 2.05) is 19.2 Å². The smallest absolute Gasteiger partial charge is 0.189 e. The summed E-state index contributed by atoms with van der Waals surface area (Å²) in [6, 6.07) is 0. The predicted octanol–water partition coefficient (Wildman–Crippen LogP) is 3.49. The summed E-state index contributed by atoms with van der Waals surface area (Å²) in [7, 11) is 0. The molecule has 0 radical (unpaired) electrons. The average molecular weight is 267 g/mol. The van der Waals surface area contributed by atoms with Crippen molar-refractivity contribution < 1.29 is 9.59 Å². The molecule has 0 saturated heterocycles. The highest BCUT2D eigenvalue weighted by molar-refractivity contribution is 5.60. The Kier molecular flexibility index (Phi) is 7.32. The molecular weight excluding hydrogens is 236 g/mol. The Morgan fingerprint density at radius 1 is 1.37 bits per heavy atom. The lowest BCUT2D eigenvalue weighted by atomic mass is 10.1. The number of hydrogen-bond donors (Lipinski definition) is 1. The molecule has 0 aliphatic carbocycles. The Morgan fingerprint density at radius 3 is 2.68 bits per heavy atom. The fourth-order valence-electron chi connectivity index (χ4n) is 3.06. The molecule has 3 nitrogen and oxygen atoms in total. The monoisotopic (exact) mass is 267 g/mol. The van der Waals surface area contributed by atoms with E-state index in [0.29, 0.717) is 0 Å². The molecule has 110 valence electrons. The molecule has 0 fully saturated rings. The van der Waals surface area contributed by atoms with Gasteiger partial charge in [-0.2, -0.15) is 0 Å². The van der Waals surface area contributed by atoms with E-state index in [0.717, 1.165) is 30.4 Å². The zero-order valence-electron chi connectivity index (χ0n) is 12.7. The Morgan fingerprint density at radius 2 is 2.05 bits per heavy atom. The van der Waals surface area contributed by atoms with Crippen LogP contribution in [0, 0.1) is 0 Å². The molecule has 3 atom stereocenters. The molecule has 0 spiro atoms. The maximum atomic E-state index is 10.1. The Hall–Kier alpha value is -0.670. The molecule has 0 amide bonds. The van der Waals surface area contributed by atoms with Gasteiger partial charge in [0.25, 0.3) is 0 Å². The fraction of sp³-hybridized carbons (Fsp3) is 0.812. The second kappa shape index (κ2) is 8.49. The molecule has 1 aliphatic heterocycles. The van der Waals surface area contributed by atoms with Gasteiger partial charge in [-0.05, 0) is 26.2 Å². The highest BCUT2D eigenvalue weighted by Gasteiger charge is 2.41. The summed E-state index contributed by atoms with van der Waals surface area (Å²) in [4.78, 5) is 4.60. The molecule has 0 saturated carbocycles. The van der Waals surface area contributed by atoms with Crippen molar-refractivity contribution in [2.45, 2.75) is 71.2 Å². The van der Waals surface area contributed by atoms with Crippen molar-refractivity contribution in [1.29, 1.82) is 0 Å². The van der Waals surface area contributed by atoms with Gasteiger partial charge in [-0.25, -0.2) is 4.99 Å². The van der Waals surface area contributed by atoms with Gasteiger partial charge in [0.05, 0.1) is 12.8 Å². The second-order valence-corrected chi connectivity index (χ2v) is 5.68. The van der Waals surface area contributed by atoms with Gasteiger partial charge in [0.1, 0.15) is 6.54 Å². The van der Waals surface area contributed by atoms with Crippen LogP contribution in [0.25, 0.3) is 0 Å². The normalized spacial score (nSPS) is 27.6. The van der Waals surface area contributed by atoms with Crippen LogP contribution in [-0.2, 0) is 0 Å². The van der Waals surface area contributed by atoms with Gasteiger partial charge in [-0.3, -0.25) is 4.48 Å². The van der Waals surface area contributed by atoms with E-state index in [1.165, 1.54) is 32.1 Å². The van der Waals surface area contributed by atoms with Gasteiger partial charge >= 0.3 is 0 Å². The fourth-order valence-corrected chi connectivity index (χ4v) is 3.06. The van der Waals surface area contributed by atoms with Gasteiger partial charge in [0, 0.05) is 13.3 Å². The van der Waals surface area contributed by atoms with Crippen LogP contribution in [0.1, 0.15) is 58.8 Å². The molecule has 0 aromatic rings.